The van der Waals surface area contributed by atoms with Gasteiger partial charge in [0.1, 0.15) is 0 Å². The Bertz CT molecular complexity index is 549. The molecule has 1 aliphatic heterocycles. The first-order valence-electron chi connectivity index (χ1n) is 7.06. The molecular formula is C15H18BrClN2O. The summed E-state index contributed by atoms with van der Waals surface area (Å²) in [5.74, 6) is 1.23. The largest absolute Gasteiger partial charge is 0.324 e. The fraction of sp³-hybridized carbons (Fsp3) is 0.533. The number of hydrogen-bond acceptors (Lipinski definition) is 2. The summed E-state index contributed by atoms with van der Waals surface area (Å²) in [6.45, 7) is 2.92. The van der Waals surface area contributed by atoms with E-state index in [1.807, 2.05) is 13.0 Å². The number of hydrogen-bond donors (Lipinski definition) is 2. The van der Waals surface area contributed by atoms with Gasteiger partial charge in [-0.3, -0.25) is 4.79 Å². The Morgan fingerprint density at radius 2 is 2.25 bits per heavy atom. The van der Waals surface area contributed by atoms with Crippen LogP contribution in [0.1, 0.15) is 24.8 Å². The minimum Gasteiger partial charge on any atom is -0.324 e. The molecule has 0 bridgehead atoms. The van der Waals surface area contributed by atoms with Gasteiger partial charge in [0.25, 0.3) is 0 Å². The summed E-state index contributed by atoms with van der Waals surface area (Å²) < 4.78 is 0.869. The zero-order valence-corrected chi connectivity index (χ0v) is 13.7. The molecule has 1 aromatic rings. The number of halogens is 2. The van der Waals surface area contributed by atoms with E-state index in [4.69, 9.17) is 11.6 Å². The third kappa shape index (κ3) is 2.61. The van der Waals surface area contributed by atoms with Gasteiger partial charge in [-0.2, -0.15) is 0 Å². The van der Waals surface area contributed by atoms with E-state index in [1.54, 1.807) is 6.07 Å². The molecule has 3 atom stereocenters. The van der Waals surface area contributed by atoms with Gasteiger partial charge in [-0.05, 0) is 71.8 Å². The van der Waals surface area contributed by atoms with Gasteiger partial charge in [0.15, 0.2) is 0 Å². The summed E-state index contributed by atoms with van der Waals surface area (Å²) in [5, 5.41) is 7.03. The highest BCUT2D eigenvalue weighted by Gasteiger charge is 2.42. The first-order chi connectivity index (χ1) is 9.56. The molecule has 2 aliphatic rings. The number of carbonyl (C=O) groups is 1. The number of amides is 1. The van der Waals surface area contributed by atoms with Crippen molar-refractivity contribution in [2.24, 2.45) is 11.8 Å². The Hall–Kier alpha value is -0.580. The van der Waals surface area contributed by atoms with Gasteiger partial charge in [-0.25, -0.2) is 0 Å². The first kappa shape index (κ1) is 14.4. The van der Waals surface area contributed by atoms with Crippen molar-refractivity contribution >= 4 is 39.1 Å². The van der Waals surface area contributed by atoms with E-state index in [1.165, 1.54) is 12.8 Å². The number of benzene rings is 1. The Morgan fingerprint density at radius 3 is 3.05 bits per heavy atom. The van der Waals surface area contributed by atoms with Gasteiger partial charge in [-0.15, -0.1) is 0 Å². The van der Waals surface area contributed by atoms with Gasteiger partial charge in [0.05, 0.1) is 11.7 Å². The van der Waals surface area contributed by atoms with E-state index in [9.17, 15) is 4.79 Å². The van der Waals surface area contributed by atoms with E-state index in [0.717, 1.165) is 28.7 Å². The standard InChI is InChI=1S/C15H18BrClN2O/c1-8-5-11(16)13(6-12(8)17)19-15(20)14-10-4-2-3-9(10)7-18-14/h5-6,9-10,14,18H,2-4,7H2,1H3,(H,19,20). The molecule has 0 aromatic heterocycles. The molecule has 1 heterocycles. The summed E-state index contributed by atoms with van der Waals surface area (Å²) in [6, 6.07) is 3.67. The zero-order valence-electron chi connectivity index (χ0n) is 11.4. The molecule has 2 fully saturated rings. The molecule has 108 valence electrons. The third-order valence-corrected chi connectivity index (χ3v) is 5.60. The predicted octanol–water partition coefficient (Wildman–Crippen LogP) is 3.74. The third-order valence-electron chi connectivity index (χ3n) is 4.53. The quantitative estimate of drug-likeness (QED) is 0.846. The van der Waals surface area contributed by atoms with Crippen molar-refractivity contribution in [2.45, 2.75) is 32.2 Å². The van der Waals surface area contributed by atoms with Crippen molar-refractivity contribution in [1.82, 2.24) is 5.32 Å². The number of rotatable bonds is 2. The maximum atomic E-state index is 12.5. The lowest BCUT2D eigenvalue weighted by atomic mass is 9.93. The second-order valence-electron chi connectivity index (χ2n) is 5.81. The highest BCUT2D eigenvalue weighted by molar-refractivity contribution is 9.10. The van der Waals surface area contributed by atoms with Crippen LogP contribution in [0.3, 0.4) is 0 Å². The SMILES string of the molecule is Cc1cc(Br)c(NC(=O)C2NCC3CCCC32)cc1Cl. The molecule has 0 radical (unpaired) electrons. The molecule has 1 saturated heterocycles. The second-order valence-corrected chi connectivity index (χ2v) is 7.07. The number of fused-ring (bicyclic) bond motifs is 1. The minimum atomic E-state index is -0.0607. The van der Waals surface area contributed by atoms with Crippen molar-refractivity contribution in [2.75, 3.05) is 11.9 Å². The molecule has 5 heteroatoms. The molecule has 20 heavy (non-hydrogen) atoms. The Labute approximate surface area is 132 Å². The number of aryl methyl sites for hydroxylation is 1. The van der Waals surface area contributed by atoms with E-state index in [2.05, 4.69) is 26.6 Å². The fourth-order valence-corrected chi connectivity index (χ4v) is 4.15. The average Bonchev–Trinajstić information content (AvgIpc) is 2.97. The van der Waals surface area contributed by atoms with E-state index < -0.39 is 0 Å². The molecule has 2 N–H and O–H groups in total. The average molecular weight is 358 g/mol. The van der Waals surface area contributed by atoms with Crippen LogP contribution in [-0.2, 0) is 4.79 Å². The lowest BCUT2D eigenvalue weighted by Crippen LogP contribution is -2.39. The molecular weight excluding hydrogens is 340 g/mol. The van der Waals surface area contributed by atoms with Crippen LogP contribution in [-0.4, -0.2) is 18.5 Å². The van der Waals surface area contributed by atoms with Crippen molar-refractivity contribution in [3.8, 4) is 0 Å². The van der Waals surface area contributed by atoms with E-state index >= 15 is 0 Å². The Morgan fingerprint density at radius 1 is 1.45 bits per heavy atom. The van der Waals surface area contributed by atoms with Gasteiger partial charge in [0, 0.05) is 9.50 Å². The molecule has 1 amide bonds. The Balaban J connectivity index is 1.75. The van der Waals surface area contributed by atoms with E-state index in [-0.39, 0.29) is 11.9 Å². The van der Waals surface area contributed by atoms with Crippen LogP contribution in [0, 0.1) is 18.8 Å². The van der Waals surface area contributed by atoms with Crippen molar-refractivity contribution < 1.29 is 4.79 Å². The Kier molecular flexibility index (Phi) is 4.07. The molecule has 3 rings (SSSR count). The van der Waals surface area contributed by atoms with Gasteiger partial charge in [-0.1, -0.05) is 18.0 Å². The van der Waals surface area contributed by atoms with Crippen LogP contribution < -0.4 is 10.6 Å². The summed E-state index contributed by atoms with van der Waals surface area (Å²) in [7, 11) is 0. The number of nitrogens with one attached hydrogen (secondary N) is 2. The highest BCUT2D eigenvalue weighted by atomic mass is 79.9. The minimum absolute atomic E-state index is 0.0556. The highest BCUT2D eigenvalue weighted by Crippen LogP contribution is 2.38. The van der Waals surface area contributed by atoms with Crippen molar-refractivity contribution in [3.05, 3.63) is 27.2 Å². The van der Waals surface area contributed by atoms with Crippen LogP contribution >= 0.6 is 27.5 Å². The maximum Gasteiger partial charge on any atom is 0.241 e. The lowest BCUT2D eigenvalue weighted by molar-refractivity contribution is -0.118. The van der Waals surface area contributed by atoms with E-state index in [0.29, 0.717) is 16.9 Å². The lowest BCUT2D eigenvalue weighted by Gasteiger charge is -2.18. The first-order valence-corrected chi connectivity index (χ1v) is 8.23. The molecule has 0 spiro atoms. The molecule has 1 aromatic carbocycles. The van der Waals surface area contributed by atoms with Crippen LogP contribution in [0.4, 0.5) is 5.69 Å². The van der Waals surface area contributed by atoms with Crippen molar-refractivity contribution in [3.63, 3.8) is 0 Å². The topological polar surface area (TPSA) is 41.1 Å². The number of carbonyl (C=O) groups excluding carboxylic acids is 1. The van der Waals surface area contributed by atoms with Gasteiger partial charge < -0.3 is 10.6 Å². The summed E-state index contributed by atoms with van der Waals surface area (Å²) in [4.78, 5) is 12.5. The molecule has 1 saturated carbocycles. The summed E-state index contributed by atoms with van der Waals surface area (Å²) in [5.41, 5.74) is 1.74. The summed E-state index contributed by atoms with van der Waals surface area (Å²) in [6.07, 6.45) is 3.66. The smallest absolute Gasteiger partial charge is 0.241 e. The predicted molar refractivity (Wildman–Crippen MR) is 85.1 cm³/mol. The van der Waals surface area contributed by atoms with Crippen LogP contribution in [0.5, 0.6) is 0 Å². The van der Waals surface area contributed by atoms with Gasteiger partial charge >= 0.3 is 0 Å². The van der Waals surface area contributed by atoms with Crippen molar-refractivity contribution in [1.29, 1.82) is 0 Å². The molecule has 3 unspecified atom stereocenters. The van der Waals surface area contributed by atoms with Gasteiger partial charge in [0.2, 0.25) is 5.91 Å². The second kappa shape index (κ2) is 5.66. The normalized spacial score (nSPS) is 28.4. The zero-order chi connectivity index (χ0) is 14.3. The fourth-order valence-electron chi connectivity index (χ4n) is 3.43. The molecule has 3 nitrogen and oxygen atoms in total. The monoisotopic (exact) mass is 356 g/mol. The summed E-state index contributed by atoms with van der Waals surface area (Å²) >= 11 is 9.61. The number of anilines is 1. The molecule has 1 aliphatic carbocycles. The van der Waals surface area contributed by atoms with Crippen LogP contribution in [0.25, 0.3) is 0 Å². The maximum absolute atomic E-state index is 12.5. The van der Waals surface area contributed by atoms with Crippen LogP contribution in [0.2, 0.25) is 5.02 Å². The van der Waals surface area contributed by atoms with Crippen LogP contribution in [0.15, 0.2) is 16.6 Å².